The number of hydrogen-bond acceptors (Lipinski definition) is 2. The third-order valence-electron chi connectivity index (χ3n) is 3.21. The van der Waals surface area contributed by atoms with Crippen LogP contribution in [0.1, 0.15) is 54.4 Å². The maximum Gasteiger partial charge on any atom is 0.167 e. The Hall–Kier alpha value is -0.820. The highest BCUT2D eigenvalue weighted by atomic mass is 16.7. The fourth-order valence-electron chi connectivity index (χ4n) is 1.93. The van der Waals surface area contributed by atoms with E-state index < -0.39 is 0 Å². The van der Waals surface area contributed by atoms with Gasteiger partial charge in [0.15, 0.2) is 6.29 Å². The van der Waals surface area contributed by atoms with Crippen molar-refractivity contribution in [3.05, 3.63) is 29.0 Å². The minimum Gasteiger partial charge on any atom is -0.349 e. The lowest BCUT2D eigenvalue weighted by molar-refractivity contribution is -0.111. The predicted molar refractivity (Wildman–Crippen MR) is 80.0 cm³/mol. The lowest BCUT2D eigenvalue weighted by Gasteiger charge is -2.25. The number of ether oxygens (including phenoxy) is 2. The van der Waals surface area contributed by atoms with E-state index in [0.717, 1.165) is 12.8 Å². The molecule has 0 amide bonds. The van der Waals surface area contributed by atoms with E-state index in [1.54, 1.807) is 0 Å². The summed E-state index contributed by atoms with van der Waals surface area (Å²) in [5.74, 6) is 0. The number of rotatable bonds is 5. The van der Waals surface area contributed by atoms with Gasteiger partial charge in [-0.05, 0) is 52.2 Å². The zero-order valence-electron chi connectivity index (χ0n) is 13.2. The summed E-state index contributed by atoms with van der Waals surface area (Å²) in [4.78, 5) is 0. The monoisotopic (exact) mass is 264 g/mol. The van der Waals surface area contributed by atoms with Crippen molar-refractivity contribution in [2.75, 3.05) is 6.61 Å². The molecule has 0 aromatic rings. The van der Waals surface area contributed by atoms with Gasteiger partial charge in [-0.3, -0.25) is 0 Å². The van der Waals surface area contributed by atoms with Crippen LogP contribution in [0.3, 0.4) is 0 Å². The Kier molecular flexibility index (Phi) is 6.06. The standard InChI is InChI=1S/C17H28O2/c1-13(2)8-7-9-14(3)10-11-17(5,6)16-18-12-15(4)19-16/h8,11,15-16H,7,9,12H2,1-6H3/t10?,15-,16+/m1/s1. The summed E-state index contributed by atoms with van der Waals surface area (Å²) in [6.45, 7) is 13.4. The normalized spacial score (nSPS) is 22.8. The molecule has 0 radical (unpaired) electrons. The molecule has 0 aromatic heterocycles. The molecule has 2 heteroatoms. The van der Waals surface area contributed by atoms with Crippen LogP contribution in [0.4, 0.5) is 0 Å². The highest BCUT2D eigenvalue weighted by Crippen LogP contribution is 2.30. The van der Waals surface area contributed by atoms with E-state index in [0.29, 0.717) is 6.61 Å². The third kappa shape index (κ3) is 5.78. The Balaban J connectivity index is 2.59. The largest absolute Gasteiger partial charge is 0.349 e. The molecular weight excluding hydrogens is 236 g/mol. The van der Waals surface area contributed by atoms with Gasteiger partial charge in [0.2, 0.25) is 0 Å². The van der Waals surface area contributed by atoms with E-state index in [4.69, 9.17) is 9.47 Å². The topological polar surface area (TPSA) is 18.5 Å². The molecule has 0 aromatic carbocycles. The summed E-state index contributed by atoms with van der Waals surface area (Å²) in [6.07, 6.45) is 6.54. The van der Waals surface area contributed by atoms with Crippen molar-refractivity contribution < 1.29 is 9.47 Å². The van der Waals surface area contributed by atoms with Gasteiger partial charge in [-0.25, -0.2) is 0 Å². The lowest BCUT2D eigenvalue weighted by Crippen LogP contribution is -2.28. The molecule has 0 saturated carbocycles. The fraction of sp³-hybridized carbons (Fsp3) is 0.706. The molecule has 1 saturated heterocycles. The molecule has 19 heavy (non-hydrogen) atoms. The van der Waals surface area contributed by atoms with Crippen LogP contribution in [-0.2, 0) is 9.47 Å². The van der Waals surface area contributed by atoms with Crippen LogP contribution in [0.25, 0.3) is 0 Å². The number of allylic oxidation sites excluding steroid dienone is 2. The second-order valence-electron chi connectivity index (χ2n) is 6.32. The minimum absolute atomic E-state index is 0.136. The molecule has 0 N–H and O–H groups in total. The van der Waals surface area contributed by atoms with Gasteiger partial charge in [-0.2, -0.15) is 0 Å². The molecule has 1 fully saturated rings. The molecular formula is C17H28O2. The van der Waals surface area contributed by atoms with E-state index in [2.05, 4.69) is 52.5 Å². The van der Waals surface area contributed by atoms with Crippen molar-refractivity contribution in [3.63, 3.8) is 0 Å². The maximum absolute atomic E-state index is 5.76. The van der Waals surface area contributed by atoms with Gasteiger partial charge in [-0.15, -0.1) is 5.73 Å². The quantitative estimate of drug-likeness (QED) is 0.533. The van der Waals surface area contributed by atoms with Crippen molar-refractivity contribution in [1.82, 2.24) is 0 Å². The van der Waals surface area contributed by atoms with Gasteiger partial charge in [0.25, 0.3) is 0 Å². The van der Waals surface area contributed by atoms with E-state index in [-0.39, 0.29) is 17.8 Å². The van der Waals surface area contributed by atoms with Crippen LogP contribution >= 0.6 is 0 Å². The van der Waals surface area contributed by atoms with Crippen LogP contribution in [0.2, 0.25) is 0 Å². The SMILES string of the molecule is CC(=C=CC(C)(C)[C@H]1OC[C@@H](C)O1)CCC=C(C)C. The molecule has 2 nitrogen and oxygen atoms in total. The Morgan fingerprint density at radius 2 is 2.00 bits per heavy atom. The second kappa shape index (κ2) is 7.09. The first-order valence-electron chi connectivity index (χ1n) is 7.15. The highest BCUT2D eigenvalue weighted by Gasteiger charge is 2.35. The van der Waals surface area contributed by atoms with Crippen LogP contribution in [0.15, 0.2) is 29.0 Å². The summed E-state index contributed by atoms with van der Waals surface area (Å²) in [6, 6.07) is 0. The Morgan fingerprint density at radius 3 is 2.53 bits per heavy atom. The van der Waals surface area contributed by atoms with Crippen LogP contribution < -0.4 is 0 Å². The Labute approximate surface area is 118 Å². The Morgan fingerprint density at radius 1 is 1.32 bits per heavy atom. The fourth-order valence-corrected chi connectivity index (χ4v) is 1.93. The molecule has 1 aliphatic rings. The summed E-state index contributed by atoms with van der Waals surface area (Å²) >= 11 is 0. The van der Waals surface area contributed by atoms with E-state index in [1.165, 1.54) is 11.1 Å². The molecule has 0 bridgehead atoms. The van der Waals surface area contributed by atoms with E-state index >= 15 is 0 Å². The average Bonchev–Trinajstić information content (AvgIpc) is 2.74. The molecule has 108 valence electrons. The first-order valence-corrected chi connectivity index (χ1v) is 7.15. The summed E-state index contributed by atoms with van der Waals surface area (Å²) in [7, 11) is 0. The minimum atomic E-state index is -0.152. The first kappa shape index (κ1) is 16.2. The summed E-state index contributed by atoms with van der Waals surface area (Å²) in [5, 5.41) is 0. The van der Waals surface area contributed by atoms with Gasteiger partial charge >= 0.3 is 0 Å². The van der Waals surface area contributed by atoms with Crippen molar-refractivity contribution in [2.24, 2.45) is 5.41 Å². The van der Waals surface area contributed by atoms with Gasteiger partial charge in [0.1, 0.15) is 0 Å². The van der Waals surface area contributed by atoms with Crippen LogP contribution in [0.5, 0.6) is 0 Å². The molecule has 1 aliphatic heterocycles. The van der Waals surface area contributed by atoms with Gasteiger partial charge in [0.05, 0.1) is 12.7 Å². The lowest BCUT2D eigenvalue weighted by atomic mass is 9.92. The molecule has 1 rings (SSSR count). The molecule has 0 unspecified atom stereocenters. The Bertz CT molecular complexity index is 380. The molecule has 2 atom stereocenters. The highest BCUT2D eigenvalue weighted by molar-refractivity contribution is 5.06. The van der Waals surface area contributed by atoms with Gasteiger partial charge < -0.3 is 9.47 Å². The average molecular weight is 264 g/mol. The third-order valence-corrected chi connectivity index (χ3v) is 3.21. The molecule has 0 spiro atoms. The molecule has 1 heterocycles. The maximum atomic E-state index is 5.76. The smallest absolute Gasteiger partial charge is 0.167 e. The van der Waals surface area contributed by atoms with Crippen molar-refractivity contribution in [1.29, 1.82) is 0 Å². The van der Waals surface area contributed by atoms with Gasteiger partial charge in [-0.1, -0.05) is 25.5 Å². The first-order chi connectivity index (χ1) is 8.81. The van der Waals surface area contributed by atoms with Crippen molar-refractivity contribution in [2.45, 2.75) is 66.8 Å². The van der Waals surface area contributed by atoms with Crippen molar-refractivity contribution in [3.8, 4) is 0 Å². The van der Waals surface area contributed by atoms with E-state index in [9.17, 15) is 0 Å². The number of hydrogen-bond donors (Lipinski definition) is 0. The van der Waals surface area contributed by atoms with Gasteiger partial charge in [0, 0.05) is 5.41 Å². The summed E-state index contributed by atoms with van der Waals surface area (Å²) < 4.78 is 11.4. The van der Waals surface area contributed by atoms with Crippen molar-refractivity contribution >= 4 is 0 Å². The van der Waals surface area contributed by atoms with Crippen LogP contribution in [-0.4, -0.2) is 19.0 Å². The zero-order valence-corrected chi connectivity index (χ0v) is 13.2. The van der Waals surface area contributed by atoms with E-state index in [1.807, 2.05) is 6.92 Å². The summed E-state index contributed by atoms with van der Waals surface area (Å²) in [5.41, 5.74) is 5.90. The molecule has 0 aliphatic carbocycles. The zero-order chi connectivity index (χ0) is 14.5. The predicted octanol–water partition coefficient (Wildman–Crippen LogP) is 4.62. The second-order valence-corrected chi connectivity index (χ2v) is 6.32. The van der Waals surface area contributed by atoms with Crippen LogP contribution in [0, 0.1) is 5.41 Å².